The summed E-state index contributed by atoms with van der Waals surface area (Å²) in [5, 5.41) is 3.48. The Balaban J connectivity index is 1.53. The fourth-order valence-electron chi connectivity index (χ4n) is 3.53. The molecule has 0 atom stereocenters. The molecular formula is C14H25N3O. The van der Waals surface area contributed by atoms with Crippen LogP contribution in [0.3, 0.4) is 0 Å². The zero-order valence-corrected chi connectivity index (χ0v) is 11.5. The summed E-state index contributed by atoms with van der Waals surface area (Å²) in [6.45, 7) is 6.05. The van der Waals surface area contributed by atoms with Crippen LogP contribution in [0.5, 0.6) is 0 Å². The third-order valence-electron chi connectivity index (χ3n) is 4.89. The van der Waals surface area contributed by atoms with Crippen molar-refractivity contribution in [3.8, 4) is 0 Å². The van der Waals surface area contributed by atoms with Crippen molar-refractivity contribution in [3.63, 3.8) is 0 Å². The van der Waals surface area contributed by atoms with Gasteiger partial charge in [-0.25, -0.2) is 0 Å². The Morgan fingerprint density at radius 3 is 2.72 bits per heavy atom. The Labute approximate surface area is 110 Å². The van der Waals surface area contributed by atoms with Gasteiger partial charge in [-0.2, -0.15) is 0 Å². The molecule has 4 heteroatoms. The highest BCUT2D eigenvalue weighted by molar-refractivity contribution is 5.88. The van der Waals surface area contributed by atoms with Crippen LogP contribution in [0.4, 0.5) is 0 Å². The van der Waals surface area contributed by atoms with E-state index in [9.17, 15) is 4.79 Å². The largest absolute Gasteiger partial charge is 0.327 e. The Hall–Kier alpha value is -0.610. The van der Waals surface area contributed by atoms with Gasteiger partial charge < -0.3 is 4.90 Å². The molecule has 3 fully saturated rings. The second kappa shape index (κ2) is 4.82. The highest BCUT2D eigenvalue weighted by atomic mass is 16.2. The van der Waals surface area contributed by atoms with Gasteiger partial charge in [-0.3, -0.25) is 15.0 Å². The van der Waals surface area contributed by atoms with E-state index in [1.165, 1.54) is 25.7 Å². The lowest BCUT2D eigenvalue weighted by molar-refractivity contribution is -0.132. The summed E-state index contributed by atoms with van der Waals surface area (Å²) in [4.78, 5) is 17.0. The molecule has 0 radical (unpaired) electrons. The standard InChI is InChI=1S/C14H25N3O/c1-2-16(12-5-6-12)9-10-17-11-15-14(13(17)18)7-3-4-8-14/h12,15H,2-11H2,1H3. The van der Waals surface area contributed by atoms with E-state index >= 15 is 0 Å². The molecule has 1 aliphatic heterocycles. The fraction of sp³-hybridized carbons (Fsp3) is 0.929. The van der Waals surface area contributed by atoms with Crippen molar-refractivity contribution in [1.82, 2.24) is 15.1 Å². The van der Waals surface area contributed by atoms with Gasteiger partial charge in [0.15, 0.2) is 0 Å². The molecule has 1 N–H and O–H groups in total. The molecule has 1 amide bonds. The average molecular weight is 251 g/mol. The summed E-state index contributed by atoms with van der Waals surface area (Å²) in [6, 6.07) is 0.807. The first-order chi connectivity index (χ1) is 8.75. The molecule has 4 nitrogen and oxygen atoms in total. The first kappa shape index (κ1) is 12.4. The van der Waals surface area contributed by atoms with Gasteiger partial charge in [0.25, 0.3) is 0 Å². The number of hydrogen-bond acceptors (Lipinski definition) is 3. The molecule has 3 rings (SSSR count). The van der Waals surface area contributed by atoms with Crippen LogP contribution in [0.2, 0.25) is 0 Å². The van der Waals surface area contributed by atoms with Crippen LogP contribution in [-0.4, -0.2) is 53.6 Å². The maximum Gasteiger partial charge on any atom is 0.244 e. The summed E-state index contributed by atoms with van der Waals surface area (Å²) >= 11 is 0. The maximum atomic E-state index is 12.5. The van der Waals surface area contributed by atoms with Crippen molar-refractivity contribution in [3.05, 3.63) is 0 Å². The summed E-state index contributed by atoms with van der Waals surface area (Å²) in [5.41, 5.74) is -0.170. The van der Waals surface area contributed by atoms with E-state index in [0.29, 0.717) is 5.91 Å². The predicted molar refractivity (Wildman–Crippen MR) is 71.2 cm³/mol. The van der Waals surface area contributed by atoms with Crippen LogP contribution in [0.1, 0.15) is 45.4 Å². The Kier molecular flexibility index (Phi) is 3.32. The Bertz CT molecular complexity index is 321. The number of nitrogens with one attached hydrogen (secondary N) is 1. The third kappa shape index (κ3) is 2.16. The van der Waals surface area contributed by atoms with Crippen LogP contribution >= 0.6 is 0 Å². The number of likely N-dealkylation sites (N-methyl/N-ethyl adjacent to an activating group) is 1. The number of amides is 1. The molecule has 1 heterocycles. The molecule has 18 heavy (non-hydrogen) atoms. The minimum atomic E-state index is -0.170. The molecule has 0 unspecified atom stereocenters. The second-order valence-corrected chi connectivity index (χ2v) is 6.05. The number of carbonyl (C=O) groups is 1. The van der Waals surface area contributed by atoms with E-state index in [-0.39, 0.29) is 5.54 Å². The van der Waals surface area contributed by atoms with E-state index in [1.807, 2.05) is 4.90 Å². The predicted octanol–water partition coefficient (Wildman–Crippen LogP) is 1.17. The SMILES string of the molecule is CCN(CCN1CNC2(CCCC2)C1=O)C1CC1. The van der Waals surface area contributed by atoms with E-state index in [0.717, 1.165) is 45.2 Å². The van der Waals surface area contributed by atoms with E-state index < -0.39 is 0 Å². The smallest absolute Gasteiger partial charge is 0.244 e. The quantitative estimate of drug-likeness (QED) is 0.797. The lowest BCUT2D eigenvalue weighted by Crippen LogP contribution is -2.44. The third-order valence-corrected chi connectivity index (χ3v) is 4.89. The molecule has 0 aromatic heterocycles. The van der Waals surface area contributed by atoms with Gasteiger partial charge >= 0.3 is 0 Å². The lowest BCUT2D eigenvalue weighted by atomic mass is 9.98. The fourth-order valence-corrected chi connectivity index (χ4v) is 3.53. The number of carbonyl (C=O) groups excluding carboxylic acids is 1. The van der Waals surface area contributed by atoms with Crippen LogP contribution in [0, 0.1) is 0 Å². The van der Waals surface area contributed by atoms with Crippen molar-refractivity contribution in [2.24, 2.45) is 0 Å². The number of nitrogens with zero attached hydrogens (tertiary/aromatic N) is 2. The van der Waals surface area contributed by atoms with Gasteiger partial charge in [-0.1, -0.05) is 19.8 Å². The van der Waals surface area contributed by atoms with Gasteiger partial charge in [0.1, 0.15) is 0 Å². The second-order valence-electron chi connectivity index (χ2n) is 6.05. The summed E-state index contributed by atoms with van der Waals surface area (Å²) in [5.74, 6) is 0.367. The lowest BCUT2D eigenvalue weighted by Gasteiger charge is -2.25. The summed E-state index contributed by atoms with van der Waals surface area (Å²) in [6.07, 6.45) is 7.20. The molecule has 1 spiro atoms. The molecule has 2 aliphatic carbocycles. The van der Waals surface area contributed by atoms with Gasteiger partial charge in [-0.15, -0.1) is 0 Å². The van der Waals surface area contributed by atoms with Crippen molar-refractivity contribution in [1.29, 1.82) is 0 Å². The minimum absolute atomic E-state index is 0.170. The van der Waals surface area contributed by atoms with Crippen LogP contribution in [0.25, 0.3) is 0 Å². The highest BCUT2D eigenvalue weighted by Crippen LogP contribution is 2.34. The molecule has 102 valence electrons. The van der Waals surface area contributed by atoms with E-state index in [4.69, 9.17) is 0 Å². The average Bonchev–Trinajstić information content (AvgIpc) is 3.03. The molecule has 0 aromatic carbocycles. The molecule has 1 saturated heterocycles. The minimum Gasteiger partial charge on any atom is -0.327 e. The first-order valence-corrected chi connectivity index (χ1v) is 7.54. The van der Waals surface area contributed by atoms with Crippen molar-refractivity contribution >= 4 is 5.91 Å². The van der Waals surface area contributed by atoms with Crippen LogP contribution in [0.15, 0.2) is 0 Å². The first-order valence-electron chi connectivity index (χ1n) is 7.54. The Morgan fingerprint density at radius 1 is 1.39 bits per heavy atom. The zero-order chi connectivity index (χ0) is 12.6. The molecule has 3 aliphatic rings. The molecule has 2 saturated carbocycles. The normalized spacial score (nSPS) is 26.8. The van der Waals surface area contributed by atoms with Gasteiger partial charge in [-0.05, 0) is 32.2 Å². The molecular weight excluding hydrogens is 226 g/mol. The van der Waals surface area contributed by atoms with Gasteiger partial charge in [0.05, 0.1) is 12.2 Å². The monoisotopic (exact) mass is 251 g/mol. The van der Waals surface area contributed by atoms with Crippen molar-refractivity contribution in [2.75, 3.05) is 26.3 Å². The Morgan fingerprint density at radius 2 is 2.11 bits per heavy atom. The van der Waals surface area contributed by atoms with Gasteiger partial charge in [0, 0.05) is 19.1 Å². The number of hydrogen-bond donors (Lipinski definition) is 1. The van der Waals surface area contributed by atoms with Crippen molar-refractivity contribution < 1.29 is 4.79 Å². The zero-order valence-electron chi connectivity index (χ0n) is 11.5. The summed E-state index contributed by atoms with van der Waals surface area (Å²) in [7, 11) is 0. The van der Waals surface area contributed by atoms with E-state index in [1.54, 1.807) is 0 Å². The highest BCUT2D eigenvalue weighted by Gasteiger charge is 2.47. The van der Waals surface area contributed by atoms with E-state index in [2.05, 4.69) is 17.1 Å². The topological polar surface area (TPSA) is 35.6 Å². The van der Waals surface area contributed by atoms with Crippen LogP contribution < -0.4 is 5.32 Å². The molecule has 0 bridgehead atoms. The maximum absolute atomic E-state index is 12.5. The van der Waals surface area contributed by atoms with Crippen LogP contribution in [-0.2, 0) is 4.79 Å². The summed E-state index contributed by atoms with van der Waals surface area (Å²) < 4.78 is 0. The molecule has 0 aromatic rings. The van der Waals surface area contributed by atoms with Crippen molar-refractivity contribution in [2.45, 2.75) is 57.0 Å². The number of rotatable bonds is 5. The van der Waals surface area contributed by atoms with Gasteiger partial charge in [0.2, 0.25) is 5.91 Å².